The Balaban J connectivity index is 1.51. The molecule has 0 bridgehead atoms. The number of hydrogen-bond donors (Lipinski definition) is 2. The first kappa shape index (κ1) is 44.1. The van der Waals surface area contributed by atoms with Crippen LogP contribution in [0.5, 0.6) is 23.0 Å². The molecule has 308 valence electrons. The van der Waals surface area contributed by atoms with Crippen molar-refractivity contribution in [2.45, 2.75) is 143 Å². The highest BCUT2D eigenvalue weighted by Gasteiger charge is 2.66. The van der Waals surface area contributed by atoms with Gasteiger partial charge < -0.3 is 48.5 Å². The molecule has 2 aromatic carbocycles. The fourth-order valence-electron chi connectivity index (χ4n) is 6.44. The van der Waals surface area contributed by atoms with E-state index in [2.05, 4.69) is 45.3 Å². The maximum atomic E-state index is 13.8. The van der Waals surface area contributed by atoms with Crippen LogP contribution in [-0.2, 0) is 18.9 Å². The maximum absolute atomic E-state index is 13.8. The molecule has 0 aromatic heterocycles. The smallest absolute Gasteiger partial charge is 0.251 e. The number of unbranched alkanes of at least 4 members (excludes halogenated alkanes) is 5. The van der Waals surface area contributed by atoms with E-state index in [1.165, 1.54) is 0 Å². The van der Waals surface area contributed by atoms with Gasteiger partial charge in [0.1, 0.15) is 12.2 Å². The van der Waals surface area contributed by atoms with Crippen LogP contribution < -0.4 is 29.6 Å². The first-order valence-electron chi connectivity index (χ1n) is 20.6. The van der Waals surface area contributed by atoms with Crippen LogP contribution in [0.25, 0.3) is 0 Å². The van der Waals surface area contributed by atoms with Crippen molar-refractivity contribution in [3.63, 3.8) is 0 Å². The number of fused-ring (bicyclic) bond motifs is 1. The summed E-state index contributed by atoms with van der Waals surface area (Å²) in [5.41, 5.74) is -0.333. The van der Waals surface area contributed by atoms with Crippen LogP contribution in [0.4, 0.5) is 0 Å². The topological polar surface area (TPSA) is 132 Å². The number of carbonyl (C=O) groups is 2. The van der Waals surface area contributed by atoms with Crippen molar-refractivity contribution in [1.82, 2.24) is 10.6 Å². The van der Waals surface area contributed by atoms with Gasteiger partial charge in [0.25, 0.3) is 11.8 Å². The number of nitrogens with one attached hydrogen (secondary N) is 2. The van der Waals surface area contributed by atoms with Gasteiger partial charge in [0, 0.05) is 24.3 Å². The summed E-state index contributed by atoms with van der Waals surface area (Å²) < 4.78 is 49.9. The van der Waals surface area contributed by atoms with Crippen LogP contribution in [0, 0.1) is 0 Å². The molecule has 0 radical (unpaired) electrons. The van der Waals surface area contributed by atoms with Gasteiger partial charge in [0.15, 0.2) is 40.7 Å². The van der Waals surface area contributed by atoms with Crippen molar-refractivity contribution >= 4 is 11.8 Å². The lowest BCUT2D eigenvalue weighted by Crippen LogP contribution is -2.56. The lowest BCUT2D eigenvalue weighted by molar-refractivity contribution is -0.258. The summed E-state index contributed by atoms with van der Waals surface area (Å²) in [6.07, 6.45) is 7.19. The number of amides is 2. The standard InChI is InChI=1S/C43H66N2O10/c1-8-13-22-48-33-20-18-31(27-35(33)50-24-15-10-3)39(46)44-29-37-38-43(55-42(6,7)54-38,41(53-37)52-26-17-12-5)30-45-40(47)32-19-21-34(49-23-14-9-2)36(28-32)51-25-16-11-4/h18-21,27-28,37-38,41H,8-17,22-26,29-30H2,1-7H3,(H,44,46)(H,45,47)/t37-,38-,41-,43-/m1/s1. The number of benzene rings is 2. The van der Waals surface area contributed by atoms with E-state index in [4.69, 9.17) is 37.9 Å². The molecule has 2 aliphatic rings. The highest BCUT2D eigenvalue weighted by molar-refractivity contribution is 5.95. The fraction of sp³-hybridized carbons (Fsp3) is 0.674. The van der Waals surface area contributed by atoms with Crippen LogP contribution in [0.15, 0.2) is 36.4 Å². The highest BCUT2D eigenvalue weighted by Crippen LogP contribution is 2.47. The van der Waals surface area contributed by atoms with Crippen molar-refractivity contribution in [2.24, 2.45) is 0 Å². The Morgan fingerprint density at radius 2 is 1.09 bits per heavy atom. The van der Waals surface area contributed by atoms with E-state index < -0.39 is 29.9 Å². The van der Waals surface area contributed by atoms with Gasteiger partial charge in [0.05, 0.1) is 33.0 Å². The highest BCUT2D eigenvalue weighted by atomic mass is 16.8. The molecule has 2 N–H and O–H groups in total. The zero-order valence-electron chi connectivity index (χ0n) is 34.3. The van der Waals surface area contributed by atoms with Gasteiger partial charge in [-0.2, -0.15) is 0 Å². The molecule has 0 unspecified atom stereocenters. The summed E-state index contributed by atoms with van der Waals surface area (Å²) in [5.74, 6) is 0.693. The monoisotopic (exact) mass is 770 g/mol. The number of ether oxygens (including phenoxy) is 8. The van der Waals surface area contributed by atoms with Crippen LogP contribution >= 0.6 is 0 Å². The average Bonchev–Trinajstić information content (AvgIpc) is 3.61. The quantitative estimate of drug-likeness (QED) is 0.0908. The molecule has 2 aliphatic heterocycles. The van der Waals surface area contributed by atoms with Gasteiger partial charge in [-0.3, -0.25) is 9.59 Å². The molecule has 2 amide bonds. The Kier molecular flexibility index (Phi) is 17.8. The van der Waals surface area contributed by atoms with Gasteiger partial charge in [-0.1, -0.05) is 66.7 Å². The van der Waals surface area contributed by atoms with E-state index in [1.807, 2.05) is 13.8 Å². The molecule has 0 spiro atoms. The summed E-state index contributed by atoms with van der Waals surface area (Å²) in [5, 5.41) is 6.10. The first-order chi connectivity index (χ1) is 26.6. The molecular formula is C43H66N2O10. The summed E-state index contributed by atoms with van der Waals surface area (Å²) in [7, 11) is 0. The van der Waals surface area contributed by atoms with E-state index in [1.54, 1.807) is 36.4 Å². The third-order valence-corrected chi connectivity index (χ3v) is 9.55. The lowest BCUT2D eigenvalue weighted by atomic mass is 9.94. The molecule has 2 saturated heterocycles. The summed E-state index contributed by atoms with van der Waals surface area (Å²) >= 11 is 0. The van der Waals surface area contributed by atoms with Crippen LogP contribution in [-0.4, -0.2) is 87.8 Å². The minimum atomic E-state index is -1.19. The van der Waals surface area contributed by atoms with E-state index in [0.717, 1.165) is 64.2 Å². The van der Waals surface area contributed by atoms with Crippen molar-refractivity contribution in [3.05, 3.63) is 47.5 Å². The second-order valence-corrected chi connectivity index (χ2v) is 14.7. The van der Waals surface area contributed by atoms with Gasteiger partial charge in [-0.05, 0) is 82.3 Å². The first-order valence-corrected chi connectivity index (χ1v) is 20.6. The Bertz CT molecular complexity index is 1490. The molecule has 0 saturated carbocycles. The van der Waals surface area contributed by atoms with Crippen LogP contribution in [0.2, 0.25) is 0 Å². The third-order valence-electron chi connectivity index (χ3n) is 9.55. The molecule has 4 atom stereocenters. The number of carbonyl (C=O) groups excluding carboxylic acids is 2. The third kappa shape index (κ3) is 12.5. The van der Waals surface area contributed by atoms with E-state index >= 15 is 0 Å². The van der Waals surface area contributed by atoms with Gasteiger partial charge in [-0.15, -0.1) is 0 Å². The Hall–Kier alpha value is -3.58. The Labute approximate surface area is 328 Å². The van der Waals surface area contributed by atoms with E-state index in [-0.39, 0.29) is 24.9 Å². The molecular weight excluding hydrogens is 704 g/mol. The predicted octanol–water partition coefficient (Wildman–Crippen LogP) is 7.99. The van der Waals surface area contributed by atoms with Crippen molar-refractivity contribution in [3.8, 4) is 23.0 Å². The van der Waals surface area contributed by atoms with Crippen LogP contribution in [0.1, 0.15) is 133 Å². The second kappa shape index (κ2) is 22.2. The Morgan fingerprint density at radius 3 is 1.58 bits per heavy atom. The molecule has 4 rings (SSSR count). The van der Waals surface area contributed by atoms with Crippen LogP contribution in [0.3, 0.4) is 0 Å². The lowest BCUT2D eigenvalue weighted by Gasteiger charge is -2.33. The normalized spacial score (nSPS) is 21.2. The summed E-state index contributed by atoms with van der Waals surface area (Å²) in [4.78, 5) is 27.4. The molecule has 2 fully saturated rings. The SMILES string of the molecule is CCCCOc1ccc(C(=O)NC[C@H]2O[C@@H](OCCCC)[C@]3(CNC(=O)c4ccc(OCCCC)c(OCCCC)c4)OC(C)(C)O[C@H]23)cc1OCCCC. The van der Waals surface area contributed by atoms with Crippen molar-refractivity contribution < 1.29 is 47.5 Å². The summed E-state index contributed by atoms with van der Waals surface area (Å²) in [6.45, 7) is 16.9. The second-order valence-electron chi connectivity index (χ2n) is 14.7. The molecule has 2 heterocycles. The van der Waals surface area contributed by atoms with Crippen molar-refractivity contribution in [2.75, 3.05) is 46.1 Å². The minimum Gasteiger partial charge on any atom is -0.490 e. The van der Waals surface area contributed by atoms with Gasteiger partial charge >= 0.3 is 0 Å². The minimum absolute atomic E-state index is 0.0416. The summed E-state index contributed by atoms with van der Waals surface area (Å²) in [6, 6.07) is 10.5. The van der Waals surface area contributed by atoms with Crippen molar-refractivity contribution in [1.29, 1.82) is 0 Å². The fourth-order valence-corrected chi connectivity index (χ4v) is 6.44. The van der Waals surface area contributed by atoms with Gasteiger partial charge in [0.2, 0.25) is 0 Å². The molecule has 55 heavy (non-hydrogen) atoms. The number of hydrogen-bond acceptors (Lipinski definition) is 10. The molecule has 12 nitrogen and oxygen atoms in total. The van der Waals surface area contributed by atoms with E-state index in [0.29, 0.717) is 67.2 Å². The predicted molar refractivity (Wildman–Crippen MR) is 211 cm³/mol. The molecule has 0 aliphatic carbocycles. The van der Waals surface area contributed by atoms with Gasteiger partial charge in [-0.25, -0.2) is 0 Å². The average molecular weight is 771 g/mol. The van der Waals surface area contributed by atoms with E-state index in [9.17, 15) is 9.59 Å². The zero-order valence-corrected chi connectivity index (χ0v) is 34.3. The largest absolute Gasteiger partial charge is 0.490 e. The Morgan fingerprint density at radius 1 is 0.636 bits per heavy atom. The maximum Gasteiger partial charge on any atom is 0.251 e. The number of rotatable bonds is 26. The molecule has 2 aromatic rings. The molecule has 12 heteroatoms. The zero-order chi connectivity index (χ0) is 39.7.